The van der Waals surface area contributed by atoms with Crippen LogP contribution in [0.1, 0.15) is 10.4 Å². The Balaban J connectivity index is 1.64. The number of nitrogens with zero attached hydrogens (tertiary/aromatic N) is 3. The molecule has 3 aromatic rings. The van der Waals surface area contributed by atoms with Gasteiger partial charge in [0.15, 0.2) is 11.0 Å². The van der Waals surface area contributed by atoms with Crippen molar-refractivity contribution in [2.45, 2.75) is 5.16 Å². The number of benzene rings is 1. The minimum absolute atomic E-state index is 0.0912. The van der Waals surface area contributed by atoms with Crippen LogP contribution >= 0.6 is 23.1 Å². The lowest BCUT2D eigenvalue weighted by atomic mass is 10.2. The molecule has 2 aromatic heterocycles. The largest absolute Gasteiger partial charge is 0.465 e. The molecule has 0 spiro atoms. The second-order valence-corrected chi connectivity index (χ2v) is 7.22. The van der Waals surface area contributed by atoms with E-state index in [1.807, 2.05) is 0 Å². The maximum Gasteiger partial charge on any atom is 0.340 e. The zero-order chi connectivity index (χ0) is 19.4. The Bertz CT molecular complexity index is 969. The highest BCUT2D eigenvalue weighted by Crippen LogP contribution is 2.26. The van der Waals surface area contributed by atoms with Gasteiger partial charge in [-0.1, -0.05) is 11.8 Å². The molecule has 27 heavy (non-hydrogen) atoms. The Morgan fingerprint density at radius 3 is 2.70 bits per heavy atom. The molecule has 0 radical (unpaired) electrons. The van der Waals surface area contributed by atoms with E-state index in [0.717, 1.165) is 5.56 Å². The molecule has 0 aliphatic rings. The number of halogens is 1. The second-order valence-electron chi connectivity index (χ2n) is 5.36. The van der Waals surface area contributed by atoms with Crippen molar-refractivity contribution in [3.8, 4) is 11.4 Å². The predicted molar refractivity (Wildman–Crippen MR) is 101 cm³/mol. The Morgan fingerprint density at radius 1 is 1.26 bits per heavy atom. The third-order valence-corrected chi connectivity index (χ3v) is 5.44. The molecule has 1 amide bonds. The van der Waals surface area contributed by atoms with E-state index in [0.29, 0.717) is 21.5 Å². The Hall–Kier alpha value is -2.72. The summed E-state index contributed by atoms with van der Waals surface area (Å²) in [4.78, 5) is 23.8. The van der Waals surface area contributed by atoms with Gasteiger partial charge in [0.2, 0.25) is 5.91 Å². The van der Waals surface area contributed by atoms with Gasteiger partial charge in [0.25, 0.3) is 0 Å². The van der Waals surface area contributed by atoms with E-state index in [1.165, 1.54) is 42.3 Å². The second kappa shape index (κ2) is 8.31. The van der Waals surface area contributed by atoms with E-state index in [2.05, 4.69) is 20.3 Å². The summed E-state index contributed by atoms with van der Waals surface area (Å²) >= 11 is 2.45. The summed E-state index contributed by atoms with van der Waals surface area (Å²) in [6.45, 7) is 0. The molecule has 0 unspecified atom stereocenters. The van der Waals surface area contributed by atoms with Crippen LogP contribution in [0.3, 0.4) is 0 Å². The molecule has 0 fully saturated rings. The molecule has 3 rings (SSSR count). The molecule has 0 aliphatic heterocycles. The van der Waals surface area contributed by atoms with Crippen molar-refractivity contribution in [3.63, 3.8) is 0 Å². The number of hydrogen-bond donors (Lipinski definition) is 1. The number of hydrogen-bond acceptors (Lipinski definition) is 7. The van der Waals surface area contributed by atoms with E-state index in [9.17, 15) is 14.0 Å². The predicted octanol–water partition coefficient (Wildman–Crippen LogP) is 3.20. The zero-order valence-electron chi connectivity index (χ0n) is 14.4. The quantitative estimate of drug-likeness (QED) is 0.500. The lowest BCUT2D eigenvalue weighted by Gasteiger charge is -2.06. The zero-order valence-corrected chi connectivity index (χ0v) is 16.1. The Labute approximate surface area is 162 Å². The fourth-order valence-electron chi connectivity index (χ4n) is 2.26. The van der Waals surface area contributed by atoms with Crippen LogP contribution < -0.4 is 5.32 Å². The fraction of sp³-hybridized carbons (Fsp3) is 0.176. The van der Waals surface area contributed by atoms with Crippen LogP contribution in [0.15, 0.2) is 40.9 Å². The summed E-state index contributed by atoms with van der Waals surface area (Å²) in [7, 11) is 3.06. The van der Waals surface area contributed by atoms with Gasteiger partial charge in [0, 0.05) is 12.6 Å². The highest BCUT2D eigenvalue weighted by Gasteiger charge is 2.17. The van der Waals surface area contributed by atoms with Crippen molar-refractivity contribution in [2.75, 3.05) is 18.2 Å². The molecule has 0 bridgehead atoms. The number of methoxy groups -OCH3 is 1. The van der Waals surface area contributed by atoms with Crippen molar-refractivity contribution in [3.05, 3.63) is 47.1 Å². The number of carbonyl (C=O) groups excluding carboxylic acids is 2. The number of thiophene rings is 1. The molecule has 0 atom stereocenters. The van der Waals surface area contributed by atoms with Crippen molar-refractivity contribution >= 4 is 40.0 Å². The van der Waals surface area contributed by atoms with Gasteiger partial charge in [-0.2, -0.15) is 0 Å². The van der Waals surface area contributed by atoms with Crippen LogP contribution in [-0.4, -0.2) is 39.5 Å². The van der Waals surface area contributed by atoms with Crippen LogP contribution in [0.5, 0.6) is 0 Å². The summed E-state index contributed by atoms with van der Waals surface area (Å²) < 4.78 is 19.5. The third kappa shape index (κ3) is 4.34. The minimum atomic E-state index is -0.503. The van der Waals surface area contributed by atoms with E-state index >= 15 is 0 Å². The van der Waals surface area contributed by atoms with Crippen molar-refractivity contribution in [1.82, 2.24) is 14.8 Å². The van der Waals surface area contributed by atoms with Crippen LogP contribution in [0.4, 0.5) is 9.39 Å². The summed E-state index contributed by atoms with van der Waals surface area (Å²) in [5.74, 6) is -0.444. The first-order valence-corrected chi connectivity index (χ1v) is 9.60. The number of esters is 1. The SMILES string of the molecule is COC(=O)c1ccsc1NC(=O)CSc1nnc(-c2ccc(F)cc2)n1C. The molecule has 7 nitrogen and oxygen atoms in total. The minimum Gasteiger partial charge on any atom is -0.465 e. The lowest BCUT2D eigenvalue weighted by molar-refractivity contribution is -0.113. The normalized spacial score (nSPS) is 10.6. The maximum atomic E-state index is 13.1. The number of thioether (sulfide) groups is 1. The van der Waals surface area contributed by atoms with E-state index < -0.39 is 5.97 Å². The molecule has 1 N–H and O–H groups in total. The topological polar surface area (TPSA) is 86.1 Å². The van der Waals surface area contributed by atoms with Gasteiger partial charge in [0.1, 0.15) is 10.8 Å². The van der Waals surface area contributed by atoms with Gasteiger partial charge >= 0.3 is 5.97 Å². The number of anilines is 1. The average Bonchev–Trinajstić information content (AvgIpc) is 3.27. The number of aromatic nitrogens is 3. The van der Waals surface area contributed by atoms with Crippen LogP contribution in [0, 0.1) is 5.82 Å². The number of carbonyl (C=O) groups is 2. The molecule has 0 saturated heterocycles. The van der Waals surface area contributed by atoms with Crippen molar-refractivity contribution in [2.24, 2.45) is 7.05 Å². The fourth-order valence-corrected chi connectivity index (χ4v) is 3.76. The Morgan fingerprint density at radius 2 is 2.00 bits per heavy atom. The van der Waals surface area contributed by atoms with E-state index in [1.54, 1.807) is 35.2 Å². The average molecular weight is 406 g/mol. The Kier molecular flexibility index (Phi) is 5.87. The molecule has 0 aliphatic carbocycles. The molecule has 0 saturated carbocycles. The first-order chi connectivity index (χ1) is 13.0. The van der Waals surface area contributed by atoms with Gasteiger partial charge in [-0.05, 0) is 35.7 Å². The van der Waals surface area contributed by atoms with Gasteiger partial charge in [-0.25, -0.2) is 9.18 Å². The van der Waals surface area contributed by atoms with Crippen LogP contribution in [0.2, 0.25) is 0 Å². The monoisotopic (exact) mass is 406 g/mol. The first-order valence-electron chi connectivity index (χ1n) is 7.73. The summed E-state index contributed by atoms with van der Waals surface area (Å²) in [5.41, 5.74) is 1.04. The van der Waals surface area contributed by atoms with E-state index in [-0.39, 0.29) is 17.5 Å². The van der Waals surface area contributed by atoms with Crippen molar-refractivity contribution < 1.29 is 18.7 Å². The van der Waals surface area contributed by atoms with Gasteiger partial charge in [-0.3, -0.25) is 4.79 Å². The molecule has 140 valence electrons. The van der Waals surface area contributed by atoms with E-state index in [4.69, 9.17) is 0 Å². The summed E-state index contributed by atoms with van der Waals surface area (Å²) in [6, 6.07) is 7.53. The smallest absolute Gasteiger partial charge is 0.340 e. The molecule has 2 heterocycles. The first kappa shape index (κ1) is 19.1. The van der Waals surface area contributed by atoms with Crippen LogP contribution in [0.25, 0.3) is 11.4 Å². The number of nitrogens with one attached hydrogen (secondary N) is 1. The lowest BCUT2D eigenvalue weighted by Crippen LogP contribution is -2.16. The standard InChI is InChI=1S/C17H15FN4O3S2/c1-22-14(10-3-5-11(18)6-4-10)20-21-17(22)27-9-13(23)19-15-12(7-8-26-15)16(24)25-2/h3-8H,9H2,1-2H3,(H,19,23). The number of amides is 1. The summed E-state index contributed by atoms with van der Waals surface area (Å²) in [5, 5.41) is 13.6. The van der Waals surface area contributed by atoms with Gasteiger partial charge < -0.3 is 14.6 Å². The maximum absolute atomic E-state index is 13.1. The number of rotatable bonds is 6. The molecule has 1 aromatic carbocycles. The highest BCUT2D eigenvalue weighted by atomic mass is 32.2. The summed E-state index contributed by atoms with van der Waals surface area (Å²) in [6.07, 6.45) is 0. The van der Waals surface area contributed by atoms with Crippen molar-refractivity contribution in [1.29, 1.82) is 0 Å². The highest BCUT2D eigenvalue weighted by molar-refractivity contribution is 7.99. The van der Waals surface area contributed by atoms with Gasteiger partial charge in [-0.15, -0.1) is 21.5 Å². The molecular weight excluding hydrogens is 391 g/mol. The van der Waals surface area contributed by atoms with Crippen LogP contribution in [-0.2, 0) is 16.6 Å². The third-order valence-electron chi connectivity index (χ3n) is 3.59. The van der Waals surface area contributed by atoms with Gasteiger partial charge in [0.05, 0.1) is 18.4 Å². The molecule has 10 heteroatoms. The molecular formula is C17H15FN4O3S2. The number of ether oxygens (including phenoxy) is 1.